The van der Waals surface area contributed by atoms with Gasteiger partial charge in [-0.2, -0.15) is 8.42 Å². The van der Waals surface area contributed by atoms with Crippen molar-refractivity contribution in [3.05, 3.63) is 40.9 Å². The van der Waals surface area contributed by atoms with Gasteiger partial charge >= 0.3 is 6.09 Å². The maximum atomic E-state index is 11.1. The molecule has 0 spiro atoms. The first-order valence-corrected chi connectivity index (χ1v) is 10.5. The third kappa shape index (κ3) is 6.71. The van der Waals surface area contributed by atoms with E-state index in [9.17, 15) is 13.2 Å². The number of hydrogen-bond acceptors (Lipinski definition) is 5. The fraction of sp³-hybridized carbons (Fsp3) is 0.375. The third-order valence-electron chi connectivity index (χ3n) is 3.66. The molecule has 26 heavy (non-hydrogen) atoms. The van der Waals surface area contributed by atoms with Gasteiger partial charge in [0.25, 0.3) is 10.2 Å². The molecule has 0 aliphatic rings. The molecular weight excluding hydrogens is 376 g/mol. The predicted molar refractivity (Wildman–Crippen MR) is 101 cm³/mol. The fourth-order valence-electron chi connectivity index (χ4n) is 2.49. The fourth-order valence-corrected chi connectivity index (χ4v) is 3.79. The maximum Gasteiger partial charge on any atom is 0.405 e. The van der Waals surface area contributed by atoms with Gasteiger partial charge in [0, 0.05) is 17.5 Å². The minimum absolute atomic E-state index is 0.213. The summed E-state index contributed by atoms with van der Waals surface area (Å²) in [5.74, 6) is 0. The van der Waals surface area contributed by atoms with E-state index >= 15 is 0 Å². The normalized spacial score (nSPS) is 12.7. The molecule has 1 aromatic heterocycles. The summed E-state index contributed by atoms with van der Waals surface area (Å²) in [6.07, 6.45) is 0.548. The topological polar surface area (TPSA) is 134 Å². The van der Waals surface area contributed by atoms with Crippen LogP contribution in [0.15, 0.2) is 29.6 Å². The van der Waals surface area contributed by atoms with Crippen LogP contribution in [0.4, 0.5) is 4.79 Å². The quantitative estimate of drug-likeness (QED) is 0.481. The minimum atomic E-state index is -3.70. The molecule has 5 N–H and O–H groups in total. The highest BCUT2D eigenvalue weighted by Crippen LogP contribution is 2.28. The van der Waals surface area contributed by atoms with Crippen molar-refractivity contribution in [3.8, 4) is 10.6 Å². The third-order valence-corrected chi connectivity index (χ3v) is 5.18. The van der Waals surface area contributed by atoms with E-state index in [1.165, 1.54) is 11.3 Å². The van der Waals surface area contributed by atoms with Crippen molar-refractivity contribution in [2.45, 2.75) is 32.2 Å². The molecule has 1 aromatic carbocycles. The molecule has 2 rings (SSSR count). The second-order valence-electron chi connectivity index (χ2n) is 5.88. The molecule has 1 heterocycles. The number of benzene rings is 1. The van der Waals surface area contributed by atoms with Gasteiger partial charge in [0.05, 0.1) is 11.7 Å². The molecular formula is C16H22N4O4S2. The molecule has 1 unspecified atom stereocenters. The van der Waals surface area contributed by atoms with Crippen LogP contribution in [0.2, 0.25) is 0 Å². The van der Waals surface area contributed by atoms with E-state index < -0.39 is 22.3 Å². The van der Waals surface area contributed by atoms with E-state index in [0.717, 1.165) is 16.1 Å². The Morgan fingerprint density at radius 2 is 2.15 bits per heavy atom. The van der Waals surface area contributed by atoms with Gasteiger partial charge in [-0.15, -0.1) is 11.3 Å². The van der Waals surface area contributed by atoms with E-state index in [4.69, 9.17) is 10.2 Å². The molecule has 1 amide bonds. The Hall–Kier alpha value is -2.01. The lowest BCUT2D eigenvalue weighted by molar-refractivity contribution is 0.188. The molecule has 0 fully saturated rings. The number of aryl methyl sites for hydroxylation is 1. The first kappa shape index (κ1) is 20.3. The number of nitrogens with one attached hydrogen (secondary N) is 2. The highest BCUT2D eigenvalue weighted by Gasteiger charge is 2.18. The number of unbranched alkanes of at least 4 members (excludes halogenated alkanes) is 1. The summed E-state index contributed by atoms with van der Waals surface area (Å²) in [5, 5.41) is 19.1. The molecule has 0 aliphatic carbocycles. The summed E-state index contributed by atoms with van der Waals surface area (Å²) in [4.78, 5) is 15.7. The van der Waals surface area contributed by atoms with Gasteiger partial charge in [0.2, 0.25) is 0 Å². The van der Waals surface area contributed by atoms with Gasteiger partial charge in [0.15, 0.2) is 0 Å². The van der Waals surface area contributed by atoms with E-state index in [0.29, 0.717) is 25.0 Å². The van der Waals surface area contributed by atoms with Crippen molar-refractivity contribution in [1.29, 1.82) is 0 Å². The number of hydrogen-bond donors (Lipinski definition) is 4. The lowest BCUT2D eigenvalue weighted by Gasteiger charge is -2.14. The maximum absolute atomic E-state index is 11.1. The van der Waals surface area contributed by atoms with Crippen molar-refractivity contribution in [2.75, 3.05) is 6.54 Å². The smallest absolute Gasteiger partial charge is 0.405 e. The van der Waals surface area contributed by atoms with Crippen molar-refractivity contribution in [1.82, 2.24) is 15.0 Å². The summed E-state index contributed by atoms with van der Waals surface area (Å²) in [6, 6.07) is 7.51. The molecule has 0 radical (unpaired) electrons. The molecule has 10 heteroatoms. The van der Waals surface area contributed by atoms with E-state index in [-0.39, 0.29) is 6.54 Å². The lowest BCUT2D eigenvalue weighted by atomic mass is 10.1. The second-order valence-corrected chi connectivity index (χ2v) is 8.12. The first-order chi connectivity index (χ1) is 12.2. The molecule has 0 aliphatic heterocycles. The zero-order chi connectivity index (χ0) is 19.2. The van der Waals surface area contributed by atoms with Crippen molar-refractivity contribution in [3.63, 3.8) is 0 Å². The Kier molecular flexibility index (Phi) is 7.09. The number of nitrogens with zero attached hydrogens (tertiary/aromatic N) is 1. The van der Waals surface area contributed by atoms with Gasteiger partial charge < -0.3 is 10.4 Å². The SMILES string of the molecule is Cc1cccc(-c2nc(C(CCCCNS(N)(=O)=O)NC(=O)O)cs2)c1. The van der Waals surface area contributed by atoms with E-state index in [1.54, 1.807) is 0 Å². The Morgan fingerprint density at radius 1 is 1.38 bits per heavy atom. The average molecular weight is 399 g/mol. The number of rotatable bonds is 9. The van der Waals surface area contributed by atoms with Crippen LogP contribution in [0, 0.1) is 6.92 Å². The van der Waals surface area contributed by atoms with Crippen LogP contribution in [0.1, 0.15) is 36.6 Å². The van der Waals surface area contributed by atoms with Crippen molar-refractivity contribution < 1.29 is 18.3 Å². The van der Waals surface area contributed by atoms with Crippen LogP contribution in [0.25, 0.3) is 10.6 Å². The van der Waals surface area contributed by atoms with E-state index in [2.05, 4.69) is 15.0 Å². The largest absolute Gasteiger partial charge is 0.465 e. The van der Waals surface area contributed by atoms with Gasteiger partial charge in [-0.3, -0.25) is 0 Å². The number of carboxylic acid groups (broad SMARTS) is 1. The Balaban J connectivity index is 2.01. The number of nitrogens with two attached hydrogens (primary N) is 1. The second kappa shape index (κ2) is 9.08. The summed E-state index contributed by atoms with van der Waals surface area (Å²) in [7, 11) is -3.70. The van der Waals surface area contributed by atoms with Crippen LogP contribution in [-0.4, -0.2) is 31.1 Å². The molecule has 8 nitrogen and oxygen atoms in total. The zero-order valence-corrected chi connectivity index (χ0v) is 15.9. The van der Waals surface area contributed by atoms with Crippen LogP contribution in [0.5, 0.6) is 0 Å². The van der Waals surface area contributed by atoms with Crippen LogP contribution >= 0.6 is 11.3 Å². The molecule has 2 aromatic rings. The Labute approximate surface area is 156 Å². The zero-order valence-electron chi connectivity index (χ0n) is 14.3. The Morgan fingerprint density at radius 3 is 2.81 bits per heavy atom. The number of aromatic nitrogens is 1. The summed E-state index contributed by atoms with van der Waals surface area (Å²) in [5.41, 5.74) is 2.78. The highest BCUT2D eigenvalue weighted by molar-refractivity contribution is 7.87. The van der Waals surface area contributed by atoms with Gasteiger partial charge in [-0.05, 0) is 32.3 Å². The molecule has 142 valence electrons. The summed E-state index contributed by atoms with van der Waals surface area (Å²) in [6.45, 7) is 2.21. The summed E-state index contributed by atoms with van der Waals surface area (Å²) < 4.78 is 23.9. The van der Waals surface area contributed by atoms with Crippen molar-refractivity contribution in [2.24, 2.45) is 5.14 Å². The number of amides is 1. The van der Waals surface area contributed by atoms with Crippen LogP contribution in [0.3, 0.4) is 0 Å². The van der Waals surface area contributed by atoms with Gasteiger partial charge in [0.1, 0.15) is 5.01 Å². The standard InChI is InChI=1S/C16H22N4O4S2/c1-11-5-4-6-12(9-11)15-19-14(10-25-15)13(20-16(21)22)7-2-3-8-18-26(17,23)24/h4-6,9-10,13,18,20H,2-3,7-8H2,1H3,(H,21,22)(H2,17,23,24). The minimum Gasteiger partial charge on any atom is -0.465 e. The summed E-state index contributed by atoms with van der Waals surface area (Å²) >= 11 is 1.46. The highest BCUT2D eigenvalue weighted by atomic mass is 32.2. The molecule has 0 bridgehead atoms. The van der Waals surface area contributed by atoms with Gasteiger partial charge in [-0.1, -0.05) is 23.8 Å². The number of carbonyl (C=O) groups is 1. The average Bonchev–Trinajstić information content (AvgIpc) is 3.02. The van der Waals surface area contributed by atoms with E-state index in [1.807, 2.05) is 36.6 Å². The van der Waals surface area contributed by atoms with Gasteiger partial charge in [-0.25, -0.2) is 19.6 Å². The molecule has 0 saturated heterocycles. The first-order valence-electron chi connectivity index (χ1n) is 8.04. The van der Waals surface area contributed by atoms with Crippen molar-refractivity contribution >= 4 is 27.6 Å². The van der Waals surface area contributed by atoms with Crippen LogP contribution in [-0.2, 0) is 10.2 Å². The molecule has 0 saturated carbocycles. The molecule has 1 atom stereocenters. The predicted octanol–water partition coefficient (Wildman–Crippen LogP) is 2.39. The Bertz CT molecular complexity index is 851. The monoisotopic (exact) mass is 398 g/mol. The number of thiazole rings is 1. The van der Waals surface area contributed by atoms with Crippen LogP contribution < -0.4 is 15.2 Å². The lowest BCUT2D eigenvalue weighted by Crippen LogP contribution is -2.31.